The van der Waals surface area contributed by atoms with Crippen LogP contribution in [-0.2, 0) is 9.59 Å². The highest BCUT2D eigenvalue weighted by molar-refractivity contribution is 5.95. The van der Waals surface area contributed by atoms with E-state index < -0.39 is 17.4 Å². The van der Waals surface area contributed by atoms with Crippen LogP contribution in [0.1, 0.15) is 32.6 Å². The quantitative estimate of drug-likeness (QED) is 0.667. The lowest BCUT2D eigenvalue weighted by molar-refractivity contribution is -0.148. The molecule has 1 unspecified atom stereocenters. The average Bonchev–Trinajstić information content (AvgIpc) is 3.07. The number of aliphatic carboxylic acids is 1. The fourth-order valence-electron chi connectivity index (χ4n) is 2.53. The summed E-state index contributed by atoms with van der Waals surface area (Å²) in [6.45, 7) is 2.84. The number of imide groups is 1. The Morgan fingerprint density at radius 2 is 2.05 bits per heavy atom. The van der Waals surface area contributed by atoms with Crippen LogP contribution in [0.15, 0.2) is 0 Å². The second-order valence-electron chi connectivity index (χ2n) is 5.70. The molecule has 0 radical (unpaired) electrons. The lowest BCUT2D eigenvalue weighted by Crippen LogP contribution is -2.45. The normalized spacial score (nSPS) is 26.2. The number of urea groups is 1. The van der Waals surface area contributed by atoms with Crippen molar-refractivity contribution in [3.8, 4) is 0 Å². The summed E-state index contributed by atoms with van der Waals surface area (Å²) in [6, 6.07) is -0.258. The summed E-state index contributed by atoms with van der Waals surface area (Å²) in [7, 11) is 0. The predicted octanol–water partition coefficient (Wildman–Crippen LogP) is 0.161. The van der Waals surface area contributed by atoms with Crippen molar-refractivity contribution in [2.24, 2.45) is 5.41 Å². The Balaban J connectivity index is 1.77. The van der Waals surface area contributed by atoms with E-state index in [9.17, 15) is 19.5 Å². The van der Waals surface area contributed by atoms with Crippen LogP contribution in [0, 0.1) is 5.41 Å². The second-order valence-corrected chi connectivity index (χ2v) is 5.70. The number of carboxylic acids is 1. The average molecular weight is 283 g/mol. The molecule has 2 rings (SSSR count). The first-order chi connectivity index (χ1) is 9.45. The van der Waals surface area contributed by atoms with Gasteiger partial charge in [-0.15, -0.1) is 0 Å². The Morgan fingerprint density at radius 3 is 2.55 bits per heavy atom. The smallest absolute Gasteiger partial charge is 0.321 e. The monoisotopic (exact) mass is 283 g/mol. The van der Waals surface area contributed by atoms with Crippen molar-refractivity contribution in [2.75, 3.05) is 19.6 Å². The summed E-state index contributed by atoms with van der Waals surface area (Å²) in [5.41, 5.74) is -0.753. The molecule has 112 valence electrons. The third kappa shape index (κ3) is 3.47. The molecule has 0 aromatic carbocycles. The molecule has 7 heteroatoms. The topological polar surface area (TPSA) is 98.7 Å². The van der Waals surface area contributed by atoms with E-state index in [-0.39, 0.29) is 18.5 Å². The maximum atomic E-state index is 11.7. The van der Waals surface area contributed by atoms with E-state index in [1.807, 2.05) is 6.92 Å². The molecule has 1 saturated heterocycles. The van der Waals surface area contributed by atoms with Crippen LogP contribution in [0.25, 0.3) is 0 Å². The summed E-state index contributed by atoms with van der Waals surface area (Å²) in [5, 5.41) is 14.2. The lowest BCUT2D eigenvalue weighted by atomic mass is 9.84. The molecule has 7 nitrogen and oxygen atoms in total. The largest absolute Gasteiger partial charge is 0.481 e. The van der Waals surface area contributed by atoms with Gasteiger partial charge in [-0.05, 0) is 32.2 Å². The molecule has 3 N–H and O–H groups in total. The van der Waals surface area contributed by atoms with E-state index in [1.54, 1.807) is 4.90 Å². The molecule has 0 aromatic rings. The van der Waals surface area contributed by atoms with Gasteiger partial charge in [0.1, 0.15) is 0 Å². The SMILES string of the molecule is CCC1(C(=O)O)CCN(CC(=O)NC(=O)NC2CC2)C1. The number of carbonyl (C=O) groups is 3. The Morgan fingerprint density at radius 1 is 1.35 bits per heavy atom. The van der Waals surface area contributed by atoms with Crippen molar-refractivity contribution >= 4 is 17.9 Å². The molecule has 1 saturated carbocycles. The van der Waals surface area contributed by atoms with E-state index in [4.69, 9.17) is 0 Å². The molecule has 3 amide bonds. The number of hydrogen-bond donors (Lipinski definition) is 3. The maximum Gasteiger partial charge on any atom is 0.321 e. The van der Waals surface area contributed by atoms with E-state index in [2.05, 4.69) is 10.6 Å². The highest BCUT2D eigenvalue weighted by Gasteiger charge is 2.43. The van der Waals surface area contributed by atoms with Crippen LogP contribution in [0.2, 0.25) is 0 Å². The van der Waals surface area contributed by atoms with Crippen LogP contribution >= 0.6 is 0 Å². The highest BCUT2D eigenvalue weighted by Crippen LogP contribution is 2.33. The van der Waals surface area contributed by atoms with Gasteiger partial charge in [0.2, 0.25) is 5.91 Å². The fraction of sp³-hybridized carbons (Fsp3) is 0.769. The van der Waals surface area contributed by atoms with Gasteiger partial charge >= 0.3 is 12.0 Å². The first-order valence-corrected chi connectivity index (χ1v) is 7.01. The third-order valence-corrected chi connectivity index (χ3v) is 4.10. The molecule has 2 aliphatic rings. The van der Waals surface area contributed by atoms with Crippen molar-refractivity contribution in [1.29, 1.82) is 0 Å². The Bertz CT molecular complexity index is 422. The molecule has 0 spiro atoms. The van der Waals surface area contributed by atoms with Gasteiger partial charge in [0.05, 0.1) is 12.0 Å². The second kappa shape index (κ2) is 5.78. The number of carboxylic acid groups (broad SMARTS) is 1. The van der Waals surface area contributed by atoms with Gasteiger partial charge < -0.3 is 10.4 Å². The Hall–Kier alpha value is -1.63. The van der Waals surface area contributed by atoms with Gasteiger partial charge in [-0.1, -0.05) is 6.92 Å². The van der Waals surface area contributed by atoms with Crippen molar-refractivity contribution < 1.29 is 19.5 Å². The Labute approximate surface area is 117 Å². The zero-order valence-corrected chi connectivity index (χ0v) is 11.6. The lowest BCUT2D eigenvalue weighted by Gasteiger charge is -2.22. The van der Waals surface area contributed by atoms with Crippen LogP contribution in [-0.4, -0.2) is 53.6 Å². The van der Waals surface area contributed by atoms with Crippen LogP contribution < -0.4 is 10.6 Å². The summed E-state index contributed by atoms with van der Waals surface area (Å²) in [5.74, 6) is -1.20. The third-order valence-electron chi connectivity index (χ3n) is 4.10. The van der Waals surface area contributed by atoms with Gasteiger partial charge in [0.15, 0.2) is 0 Å². The fourth-order valence-corrected chi connectivity index (χ4v) is 2.53. The van der Waals surface area contributed by atoms with Gasteiger partial charge in [-0.3, -0.25) is 19.8 Å². The molecular weight excluding hydrogens is 262 g/mol. The summed E-state index contributed by atoms with van der Waals surface area (Å²) in [4.78, 5) is 36.2. The first kappa shape index (κ1) is 14.8. The molecule has 1 atom stereocenters. The van der Waals surface area contributed by atoms with Crippen molar-refractivity contribution in [1.82, 2.24) is 15.5 Å². The number of nitrogens with zero attached hydrogens (tertiary/aromatic N) is 1. The molecule has 0 bridgehead atoms. The van der Waals surface area contributed by atoms with Gasteiger partial charge in [-0.25, -0.2) is 4.79 Å². The number of carbonyl (C=O) groups excluding carboxylic acids is 2. The molecule has 2 fully saturated rings. The Kier molecular flexibility index (Phi) is 4.27. The molecule has 0 aromatic heterocycles. The van der Waals surface area contributed by atoms with Crippen LogP contribution in [0.5, 0.6) is 0 Å². The first-order valence-electron chi connectivity index (χ1n) is 7.01. The van der Waals surface area contributed by atoms with Crippen LogP contribution in [0.3, 0.4) is 0 Å². The number of hydrogen-bond acceptors (Lipinski definition) is 4. The molecule has 1 aliphatic heterocycles. The highest BCUT2D eigenvalue weighted by atomic mass is 16.4. The minimum absolute atomic E-state index is 0.0626. The molecule has 1 aliphatic carbocycles. The predicted molar refractivity (Wildman–Crippen MR) is 71.1 cm³/mol. The molecule has 1 heterocycles. The standard InChI is InChI=1S/C13H21N3O4/c1-2-13(11(18)19)5-6-16(8-13)7-10(17)15-12(20)14-9-3-4-9/h9H,2-8H2,1H3,(H,18,19)(H2,14,15,17,20). The maximum absolute atomic E-state index is 11.7. The minimum Gasteiger partial charge on any atom is -0.481 e. The van der Waals surface area contributed by atoms with E-state index in [0.29, 0.717) is 25.9 Å². The van der Waals surface area contributed by atoms with Crippen molar-refractivity contribution in [3.05, 3.63) is 0 Å². The van der Waals surface area contributed by atoms with E-state index in [1.165, 1.54) is 0 Å². The zero-order valence-electron chi connectivity index (χ0n) is 11.6. The molecular formula is C13H21N3O4. The summed E-state index contributed by atoms with van der Waals surface area (Å²) in [6.07, 6.45) is 3.01. The summed E-state index contributed by atoms with van der Waals surface area (Å²) >= 11 is 0. The minimum atomic E-state index is -0.811. The zero-order chi connectivity index (χ0) is 14.8. The molecule has 20 heavy (non-hydrogen) atoms. The van der Waals surface area contributed by atoms with E-state index in [0.717, 1.165) is 12.8 Å². The number of amides is 3. The van der Waals surface area contributed by atoms with Gasteiger partial charge in [0.25, 0.3) is 0 Å². The van der Waals surface area contributed by atoms with E-state index >= 15 is 0 Å². The van der Waals surface area contributed by atoms with Crippen molar-refractivity contribution in [3.63, 3.8) is 0 Å². The van der Waals surface area contributed by atoms with Gasteiger partial charge in [0, 0.05) is 12.6 Å². The number of likely N-dealkylation sites (tertiary alicyclic amines) is 1. The van der Waals surface area contributed by atoms with Crippen LogP contribution in [0.4, 0.5) is 4.79 Å². The summed E-state index contributed by atoms with van der Waals surface area (Å²) < 4.78 is 0. The van der Waals surface area contributed by atoms with Gasteiger partial charge in [-0.2, -0.15) is 0 Å². The number of rotatable bonds is 5. The van der Waals surface area contributed by atoms with Crippen molar-refractivity contribution in [2.45, 2.75) is 38.6 Å². The number of nitrogens with one attached hydrogen (secondary N) is 2.